The van der Waals surface area contributed by atoms with Gasteiger partial charge in [-0.25, -0.2) is 4.79 Å². The Bertz CT molecular complexity index is 493. The number of anilines is 1. The summed E-state index contributed by atoms with van der Waals surface area (Å²) in [6.07, 6.45) is 0. The summed E-state index contributed by atoms with van der Waals surface area (Å²) in [5.74, 6) is -0.933. The molecule has 1 aromatic carbocycles. The molecule has 1 atom stereocenters. The molecular weight excluding hydrogens is 328 g/mol. The quantitative estimate of drug-likeness (QED) is 0.609. The molecule has 1 rings (SSSR count). The number of halogens is 1. The molecule has 0 spiro atoms. The lowest BCUT2D eigenvalue weighted by atomic mass is 10.2. The van der Waals surface area contributed by atoms with E-state index in [4.69, 9.17) is 4.74 Å². The van der Waals surface area contributed by atoms with E-state index in [9.17, 15) is 9.59 Å². The molecule has 0 radical (unpaired) electrons. The second-order valence-electron chi connectivity index (χ2n) is 4.16. The maximum atomic E-state index is 11.7. The molecule has 0 heterocycles. The van der Waals surface area contributed by atoms with Crippen LogP contribution in [0.4, 0.5) is 5.69 Å². The van der Waals surface area contributed by atoms with E-state index in [0.29, 0.717) is 22.3 Å². The number of rotatable bonds is 6. The highest BCUT2D eigenvalue weighted by molar-refractivity contribution is 9.10. The van der Waals surface area contributed by atoms with Crippen molar-refractivity contribution in [3.05, 3.63) is 28.2 Å². The minimum absolute atomic E-state index is 0.206. The fraction of sp³-hybridized carbons (Fsp3) is 0.385. The second-order valence-corrected chi connectivity index (χ2v) is 5.01. The minimum Gasteiger partial charge on any atom is -0.465 e. The van der Waals surface area contributed by atoms with Gasteiger partial charge < -0.3 is 9.47 Å². The number of ether oxygens (including phenoxy) is 2. The molecule has 20 heavy (non-hydrogen) atoms. The van der Waals surface area contributed by atoms with Crippen LogP contribution >= 0.6 is 15.9 Å². The molecule has 0 aromatic heterocycles. The van der Waals surface area contributed by atoms with Gasteiger partial charge in [-0.1, -0.05) is 6.92 Å². The van der Waals surface area contributed by atoms with Gasteiger partial charge >= 0.3 is 5.97 Å². The SMILES string of the molecule is COCC(C)C(=O)NNc1cc(C(=O)OC)ccc1Br. The van der Waals surface area contributed by atoms with Gasteiger partial charge in [-0.15, -0.1) is 0 Å². The maximum absolute atomic E-state index is 11.7. The number of hydrogen-bond donors (Lipinski definition) is 2. The van der Waals surface area contributed by atoms with Gasteiger partial charge in [0.05, 0.1) is 30.9 Å². The van der Waals surface area contributed by atoms with Crippen LogP contribution in [0.25, 0.3) is 0 Å². The van der Waals surface area contributed by atoms with Crippen molar-refractivity contribution < 1.29 is 19.1 Å². The first kappa shape index (κ1) is 16.5. The Morgan fingerprint density at radius 3 is 2.65 bits per heavy atom. The van der Waals surface area contributed by atoms with E-state index in [0.717, 1.165) is 0 Å². The Hall–Kier alpha value is -1.60. The molecular formula is C13H17BrN2O4. The molecule has 0 saturated heterocycles. The number of methoxy groups -OCH3 is 2. The third-order valence-electron chi connectivity index (χ3n) is 2.57. The molecule has 2 N–H and O–H groups in total. The molecule has 0 aliphatic rings. The van der Waals surface area contributed by atoms with Crippen LogP contribution in [-0.4, -0.2) is 32.7 Å². The Morgan fingerprint density at radius 2 is 2.05 bits per heavy atom. The molecule has 1 aromatic rings. The second kappa shape index (κ2) is 7.86. The van der Waals surface area contributed by atoms with E-state index in [1.54, 1.807) is 25.1 Å². The molecule has 0 aliphatic heterocycles. The lowest BCUT2D eigenvalue weighted by Gasteiger charge is -2.14. The fourth-order valence-electron chi connectivity index (χ4n) is 1.44. The Morgan fingerprint density at radius 1 is 1.35 bits per heavy atom. The molecule has 1 unspecified atom stereocenters. The van der Waals surface area contributed by atoms with Gasteiger partial charge in [0, 0.05) is 11.6 Å². The summed E-state index contributed by atoms with van der Waals surface area (Å²) >= 11 is 3.33. The first-order valence-electron chi connectivity index (χ1n) is 5.92. The summed E-state index contributed by atoms with van der Waals surface area (Å²) in [5.41, 5.74) is 6.27. The normalized spacial score (nSPS) is 11.6. The largest absolute Gasteiger partial charge is 0.465 e. The van der Waals surface area contributed by atoms with Gasteiger partial charge in [-0.05, 0) is 34.1 Å². The average Bonchev–Trinajstić information content (AvgIpc) is 2.45. The van der Waals surface area contributed by atoms with Crippen LogP contribution in [0, 0.1) is 5.92 Å². The number of esters is 1. The number of hydrazine groups is 1. The van der Waals surface area contributed by atoms with Crippen molar-refractivity contribution in [1.82, 2.24) is 5.43 Å². The van der Waals surface area contributed by atoms with Crippen LogP contribution in [0.2, 0.25) is 0 Å². The summed E-state index contributed by atoms with van der Waals surface area (Å²) < 4.78 is 10.3. The molecule has 0 aliphatic carbocycles. The molecule has 0 saturated carbocycles. The average molecular weight is 345 g/mol. The van der Waals surface area contributed by atoms with Crippen molar-refractivity contribution >= 4 is 33.5 Å². The Kier molecular flexibility index (Phi) is 6.47. The zero-order valence-electron chi connectivity index (χ0n) is 11.5. The monoisotopic (exact) mass is 344 g/mol. The topological polar surface area (TPSA) is 76.7 Å². The summed E-state index contributed by atoms with van der Waals surface area (Å²) in [4.78, 5) is 23.2. The zero-order valence-corrected chi connectivity index (χ0v) is 13.1. The maximum Gasteiger partial charge on any atom is 0.337 e. The van der Waals surface area contributed by atoms with Crippen molar-refractivity contribution in [3.63, 3.8) is 0 Å². The highest BCUT2D eigenvalue weighted by Gasteiger charge is 2.13. The van der Waals surface area contributed by atoms with Gasteiger partial charge in [-0.3, -0.25) is 15.6 Å². The predicted octanol–water partition coefficient (Wildman–Crippen LogP) is 1.96. The highest BCUT2D eigenvalue weighted by atomic mass is 79.9. The van der Waals surface area contributed by atoms with Crippen molar-refractivity contribution in [3.8, 4) is 0 Å². The van der Waals surface area contributed by atoms with Gasteiger partial charge in [0.1, 0.15) is 0 Å². The highest BCUT2D eigenvalue weighted by Crippen LogP contribution is 2.23. The standard InChI is InChI=1S/C13H17BrN2O4/c1-8(7-19-2)12(17)16-15-11-6-9(13(18)20-3)4-5-10(11)14/h4-6,8,15H,7H2,1-3H3,(H,16,17). The van der Waals surface area contributed by atoms with Crippen LogP contribution in [0.15, 0.2) is 22.7 Å². The summed E-state index contributed by atoms with van der Waals surface area (Å²) in [6.45, 7) is 2.08. The first-order chi connectivity index (χ1) is 9.49. The number of hydrogen-bond acceptors (Lipinski definition) is 5. The van der Waals surface area contributed by atoms with Crippen molar-refractivity contribution in [2.75, 3.05) is 26.3 Å². The van der Waals surface area contributed by atoms with E-state index in [1.807, 2.05) is 0 Å². The first-order valence-corrected chi connectivity index (χ1v) is 6.71. The van der Waals surface area contributed by atoms with Crippen molar-refractivity contribution in [1.29, 1.82) is 0 Å². The fourth-order valence-corrected chi connectivity index (χ4v) is 1.79. The summed E-state index contributed by atoms with van der Waals surface area (Å²) in [7, 11) is 2.85. The Balaban J connectivity index is 2.72. The van der Waals surface area contributed by atoms with Crippen LogP contribution < -0.4 is 10.9 Å². The van der Waals surface area contributed by atoms with Crippen LogP contribution in [-0.2, 0) is 14.3 Å². The number of nitrogens with one attached hydrogen (secondary N) is 2. The predicted molar refractivity (Wildman–Crippen MR) is 78.3 cm³/mol. The summed E-state index contributed by atoms with van der Waals surface area (Å²) in [6, 6.07) is 4.90. The lowest BCUT2D eigenvalue weighted by molar-refractivity contribution is -0.125. The summed E-state index contributed by atoms with van der Waals surface area (Å²) in [5, 5.41) is 0. The van der Waals surface area contributed by atoms with E-state index >= 15 is 0 Å². The molecule has 0 bridgehead atoms. The van der Waals surface area contributed by atoms with E-state index in [-0.39, 0.29) is 11.8 Å². The molecule has 7 heteroatoms. The number of carbonyl (C=O) groups excluding carboxylic acids is 2. The third kappa shape index (κ3) is 4.50. The van der Waals surface area contributed by atoms with Gasteiger partial charge in [0.25, 0.3) is 0 Å². The molecule has 1 amide bonds. The zero-order chi connectivity index (χ0) is 15.1. The van der Waals surface area contributed by atoms with E-state index in [2.05, 4.69) is 31.5 Å². The van der Waals surface area contributed by atoms with E-state index in [1.165, 1.54) is 14.2 Å². The number of amides is 1. The van der Waals surface area contributed by atoms with Crippen molar-refractivity contribution in [2.45, 2.75) is 6.92 Å². The number of benzene rings is 1. The van der Waals surface area contributed by atoms with Crippen LogP contribution in [0.1, 0.15) is 17.3 Å². The van der Waals surface area contributed by atoms with Gasteiger partial charge in [0.2, 0.25) is 5.91 Å². The van der Waals surface area contributed by atoms with E-state index < -0.39 is 5.97 Å². The smallest absolute Gasteiger partial charge is 0.337 e. The third-order valence-corrected chi connectivity index (χ3v) is 3.26. The molecule has 6 nitrogen and oxygen atoms in total. The minimum atomic E-state index is -0.445. The number of carbonyl (C=O) groups is 2. The van der Waals surface area contributed by atoms with Gasteiger partial charge in [-0.2, -0.15) is 0 Å². The van der Waals surface area contributed by atoms with Crippen molar-refractivity contribution in [2.24, 2.45) is 5.92 Å². The van der Waals surface area contributed by atoms with Gasteiger partial charge in [0.15, 0.2) is 0 Å². The van der Waals surface area contributed by atoms with Crippen LogP contribution in [0.3, 0.4) is 0 Å². The van der Waals surface area contributed by atoms with Crippen LogP contribution in [0.5, 0.6) is 0 Å². The lowest BCUT2D eigenvalue weighted by Crippen LogP contribution is -2.35. The Labute approximate surface area is 125 Å². The molecule has 0 fully saturated rings. The molecule has 110 valence electrons.